The van der Waals surface area contributed by atoms with Crippen molar-refractivity contribution in [3.8, 4) is 5.75 Å². The summed E-state index contributed by atoms with van der Waals surface area (Å²) in [5.74, 6) is 1.19. The first-order valence-electron chi connectivity index (χ1n) is 16.6. The number of likely N-dealkylation sites (tertiary alicyclic amines) is 1. The Morgan fingerprint density at radius 3 is 2.38 bits per heavy atom. The van der Waals surface area contributed by atoms with Crippen molar-refractivity contribution in [3.05, 3.63) is 41.6 Å². The Balaban J connectivity index is 0.00000167. The molecule has 2 fully saturated rings. The van der Waals surface area contributed by atoms with Gasteiger partial charge in [0.1, 0.15) is 18.6 Å². The van der Waals surface area contributed by atoms with E-state index in [1.54, 1.807) is 0 Å². The molecular formula is C33H47F3N8O3S. The molecule has 0 radical (unpaired) electrons. The van der Waals surface area contributed by atoms with E-state index in [2.05, 4.69) is 39.6 Å². The van der Waals surface area contributed by atoms with Crippen LogP contribution in [-0.2, 0) is 9.59 Å². The van der Waals surface area contributed by atoms with Gasteiger partial charge >= 0.3 is 6.61 Å². The third kappa shape index (κ3) is 10.6. The van der Waals surface area contributed by atoms with Gasteiger partial charge in [-0.3, -0.25) is 8.99 Å². The van der Waals surface area contributed by atoms with Crippen LogP contribution in [0.3, 0.4) is 0 Å². The number of aromatic nitrogens is 4. The molecule has 2 aliphatic heterocycles. The summed E-state index contributed by atoms with van der Waals surface area (Å²) in [4.78, 5) is 33.1. The van der Waals surface area contributed by atoms with Crippen LogP contribution in [0.15, 0.2) is 24.5 Å². The number of nitrogens with one attached hydrogen (secondary N) is 2. The summed E-state index contributed by atoms with van der Waals surface area (Å²) in [5, 5.41) is 10.5. The van der Waals surface area contributed by atoms with Gasteiger partial charge in [0.05, 0.1) is 23.3 Å². The molecule has 2 aliphatic rings. The number of anilines is 1. The molecule has 5 rings (SSSR count). The highest BCUT2D eigenvalue weighted by Gasteiger charge is 2.25. The minimum absolute atomic E-state index is 0.0562. The number of rotatable bonds is 15. The number of carbonyl (C=O) groups excluding carboxylic acids is 2. The van der Waals surface area contributed by atoms with Crippen LogP contribution in [0.25, 0.3) is 10.9 Å². The van der Waals surface area contributed by atoms with E-state index in [1.807, 2.05) is 45.1 Å². The molecular weight excluding hydrogens is 645 g/mol. The number of hydrogen-bond acceptors (Lipinski definition) is 11. The number of hydrogen-bond donors (Lipinski definition) is 2. The number of nitrogens with zero attached hydrogens (tertiary/aromatic N) is 6. The average molecular weight is 693 g/mol. The second-order valence-electron chi connectivity index (χ2n) is 12.2. The van der Waals surface area contributed by atoms with Crippen LogP contribution in [0.2, 0.25) is 0 Å². The summed E-state index contributed by atoms with van der Waals surface area (Å²) >= 11 is 1.89. The topological polar surface area (TPSA) is 118 Å². The number of aryl methyl sites for hydroxylation is 1. The minimum atomic E-state index is -2.89. The predicted molar refractivity (Wildman–Crippen MR) is 182 cm³/mol. The fourth-order valence-electron chi connectivity index (χ4n) is 6.26. The largest absolute Gasteiger partial charge is 0.432 e. The Bertz CT molecular complexity index is 1430. The number of carbonyl (C=O) groups is 2. The van der Waals surface area contributed by atoms with Crippen LogP contribution in [0.4, 0.5) is 19.1 Å². The van der Waals surface area contributed by atoms with Crippen LogP contribution in [0, 0.1) is 12.9 Å². The summed E-state index contributed by atoms with van der Waals surface area (Å²) < 4.78 is 47.6. The van der Waals surface area contributed by atoms with Crippen molar-refractivity contribution in [2.45, 2.75) is 76.5 Å². The van der Waals surface area contributed by atoms with Crippen LogP contribution in [0.5, 0.6) is 5.75 Å². The highest BCUT2D eigenvalue weighted by atomic mass is 32.2. The maximum absolute atomic E-state index is 14.9. The van der Waals surface area contributed by atoms with Gasteiger partial charge in [-0.2, -0.15) is 13.2 Å². The molecule has 0 aliphatic carbocycles. The summed E-state index contributed by atoms with van der Waals surface area (Å²) in [7, 11) is 3.75. The average Bonchev–Trinajstić information content (AvgIpc) is 3.39. The summed E-state index contributed by atoms with van der Waals surface area (Å²) in [6.45, 7) is 4.11. The van der Waals surface area contributed by atoms with Crippen LogP contribution in [-0.4, -0.2) is 107 Å². The van der Waals surface area contributed by atoms with Gasteiger partial charge in [0.25, 0.3) is 0 Å². The smallest absolute Gasteiger partial charge is 0.387 e. The van der Waals surface area contributed by atoms with Gasteiger partial charge in [0.15, 0.2) is 5.75 Å². The standard InChI is InChI=1S/C31H40F3N7O3S.C2H7N/c1-21-16-28-27(29(32)38-41(28)24(20-43)4-2-14-42)17-26(21)22-5-10-39(11-6-22)9-3-15-45-40-12-7-23(8-13-40)37-31-35-18-25(19-36-31)44-30(33)34;1-3-2/h14,16-20,22-24,30H,2-13,15H2,1H3,(H,35,36,37);3H,1-2H3. The summed E-state index contributed by atoms with van der Waals surface area (Å²) in [6.07, 6.45) is 9.54. The molecule has 0 amide bonds. The van der Waals surface area contributed by atoms with Crippen LogP contribution < -0.4 is 15.4 Å². The molecule has 2 aromatic heterocycles. The third-order valence-corrected chi connectivity index (χ3v) is 9.86. The number of alkyl halides is 2. The number of ether oxygens (including phenoxy) is 1. The van der Waals surface area contributed by atoms with Gasteiger partial charge in [0.2, 0.25) is 11.9 Å². The minimum Gasteiger partial charge on any atom is -0.432 e. The molecule has 4 heterocycles. The third-order valence-electron chi connectivity index (χ3n) is 8.66. The Labute approximate surface area is 284 Å². The number of halogens is 3. The van der Waals surface area contributed by atoms with E-state index in [1.165, 1.54) is 17.1 Å². The highest BCUT2D eigenvalue weighted by molar-refractivity contribution is 7.97. The predicted octanol–water partition coefficient (Wildman–Crippen LogP) is 5.22. The summed E-state index contributed by atoms with van der Waals surface area (Å²) in [6, 6.07) is 3.42. The van der Waals surface area contributed by atoms with E-state index in [9.17, 15) is 22.8 Å². The van der Waals surface area contributed by atoms with Crippen molar-refractivity contribution < 1.29 is 27.5 Å². The molecule has 48 heavy (non-hydrogen) atoms. The molecule has 0 spiro atoms. The molecule has 11 nitrogen and oxygen atoms in total. The van der Waals surface area contributed by atoms with E-state index in [0.717, 1.165) is 94.3 Å². The zero-order valence-electron chi connectivity index (χ0n) is 27.9. The van der Waals surface area contributed by atoms with Crippen molar-refractivity contribution >= 4 is 41.4 Å². The normalized spacial score (nSPS) is 17.2. The van der Waals surface area contributed by atoms with E-state index in [4.69, 9.17) is 0 Å². The quantitative estimate of drug-likeness (QED) is 0.124. The molecule has 1 atom stereocenters. The van der Waals surface area contributed by atoms with Crippen molar-refractivity contribution in [1.82, 2.24) is 34.3 Å². The van der Waals surface area contributed by atoms with Gasteiger partial charge in [0, 0.05) is 31.3 Å². The van der Waals surface area contributed by atoms with E-state index in [-0.39, 0.29) is 18.2 Å². The molecule has 2 N–H and O–H groups in total. The monoisotopic (exact) mass is 692 g/mol. The van der Waals surface area contributed by atoms with Gasteiger partial charge in [-0.25, -0.2) is 9.97 Å². The van der Waals surface area contributed by atoms with Crippen molar-refractivity contribution in [3.63, 3.8) is 0 Å². The maximum Gasteiger partial charge on any atom is 0.387 e. The van der Waals surface area contributed by atoms with Crippen molar-refractivity contribution in [2.24, 2.45) is 0 Å². The van der Waals surface area contributed by atoms with Crippen LogP contribution >= 0.6 is 11.9 Å². The van der Waals surface area contributed by atoms with E-state index in [0.29, 0.717) is 29.2 Å². The lowest BCUT2D eigenvalue weighted by atomic mass is 9.86. The summed E-state index contributed by atoms with van der Waals surface area (Å²) in [5.41, 5.74) is 2.81. The molecule has 1 unspecified atom stereocenters. The fourth-order valence-corrected chi connectivity index (χ4v) is 7.25. The Morgan fingerprint density at radius 1 is 1.06 bits per heavy atom. The molecule has 3 aromatic rings. The Kier molecular flexibility index (Phi) is 14.9. The van der Waals surface area contributed by atoms with Gasteiger partial charge < -0.3 is 29.9 Å². The lowest BCUT2D eigenvalue weighted by Crippen LogP contribution is -2.36. The molecule has 264 valence electrons. The SMILES string of the molecule is CNC.Cc1cc2c(cc1C1CCN(CCCSN3CCC(Nc4ncc(OC(F)F)cn4)CC3)CC1)c(F)nn2C(C=O)CCC=O. The number of piperidine rings is 2. The van der Waals surface area contributed by atoms with E-state index >= 15 is 0 Å². The first kappa shape index (κ1) is 37.5. The lowest BCUT2D eigenvalue weighted by molar-refractivity contribution is -0.111. The Hall–Kier alpha value is -3.27. The van der Waals surface area contributed by atoms with Gasteiger partial charge in [-0.1, -0.05) is 11.9 Å². The molecule has 0 bridgehead atoms. The van der Waals surface area contributed by atoms with Gasteiger partial charge in [-0.05, 0) is 108 Å². The van der Waals surface area contributed by atoms with E-state index < -0.39 is 18.6 Å². The van der Waals surface area contributed by atoms with Crippen molar-refractivity contribution in [2.75, 3.05) is 57.9 Å². The first-order valence-corrected chi connectivity index (χ1v) is 17.5. The molecule has 15 heteroatoms. The lowest BCUT2D eigenvalue weighted by Gasteiger charge is -2.33. The number of benzene rings is 1. The maximum atomic E-state index is 14.9. The zero-order chi connectivity index (χ0) is 34.5. The number of aldehydes is 2. The second kappa shape index (κ2) is 19.1. The fraction of sp³-hybridized carbons (Fsp3) is 0.606. The van der Waals surface area contributed by atoms with Crippen LogP contribution in [0.1, 0.15) is 68.0 Å². The number of fused-ring (bicyclic) bond motifs is 1. The molecule has 0 saturated carbocycles. The highest BCUT2D eigenvalue weighted by Crippen LogP contribution is 2.34. The second-order valence-corrected chi connectivity index (χ2v) is 13.4. The zero-order valence-corrected chi connectivity index (χ0v) is 28.7. The van der Waals surface area contributed by atoms with Crippen molar-refractivity contribution in [1.29, 1.82) is 0 Å². The van der Waals surface area contributed by atoms with Gasteiger partial charge in [-0.15, -0.1) is 5.10 Å². The molecule has 2 saturated heterocycles. The first-order chi connectivity index (χ1) is 23.3. The molecule has 1 aromatic carbocycles. The Morgan fingerprint density at radius 2 is 1.75 bits per heavy atom.